The van der Waals surface area contributed by atoms with Gasteiger partial charge in [0.25, 0.3) is 0 Å². The van der Waals surface area contributed by atoms with Gasteiger partial charge in [-0.05, 0) is 35.9 Å². The quantitative estimate of drug-likeness (QED) is 0.487. The number of nitrogens with zero attached hydrogens (tertiary/aromatic N) is 1. The SMILES string of the molecule is O=C1Cc2cc(C(=O)COC(=O)COCc3nc4ccccc4s3)ccc2N1. The van der Waals surface area contributed by atoms with Gasteiger partial charge in [-0.1, -0.05) is 12.1 Å². The number of fused-ring (bicyclic) bond motifs is 2. The number of hydrogen-bond acceptors (Lipinski definition) is 7. The van der Waals surface area contributed by atoms with Gasteiger partial charge in [-0.15, -0.1) is 11.3 Å². The van der Waals surface area contributed by atoms with Crippen molar-refractivity contribution < 1.29 is 23.9 Å². The minimum absolute atomic E-state index is 0.101. The summed E-state index contributed by atoms with van der Waals surface area (Å²) in [5.74, 6) is -1.05. The van der Waals surface area contributed by atoms with Crippen molar-refractivity contribution in [2.75, 3.05) is 18.5 Å². The molecule has 0 unspecified atom stereocenters. The summed E-state index contributed by atoms with van der Waals surface area (Å²) in [5.41, 5.74) is 2.77. The van der Waals surface area contributed by atoms with Crippen molar-refractivity contribution >= 4 is 44.9 Å². The predicted molar refractivity (Wildman–Crippen MR) is 103 cm³/mol. The van der Waals surface area contributed by atoms with Gasteiger partial charge in [0.1, 0.15) is 11.6 Å². The van der Waals surface area contributed by atoms with Crippen LogP contribution >= 0.6 is 11.3 Å². The molecule has 142 valence electrons. The second-order valence-electron chi connectivity index (χ2n) is 6.25. The van der Waals surface area contributed by atoms with Crippen molar-refractivity contribution in [2.24, 2.45) is 0 Å². The van der Waals surface area contributed by atoms with Crippen molar-refractivity contribution in [1.29, 1.82) is 0 Å². The van der Waals surface area contributed by atoms with Crippen LogP contribution in [0.5, 0.6) is 0 Å². The molecular formula is C20H16N2O5S. The van der Waals surface area contributed by atoms with Crippen LogP contribution < -0.4 is 5.32 Å². The van der Waals surface area contributed by atoms with E-state index in [4.69, 9.17) is 9.47 Å². The maximum absolute atomic E-state index is 12.2. The monoisotopic (exact) mass is 396 g/mol. The number of anilines is 1. The molecule has 2 aromatic carbocycles. The first-order valence-corrected chi connectivity index (χ1v) is 9.44. The van der Waals surface area contributed by atoms with E-state index in [2.05, 4.69) is 10.3 Å². The topological polar surface area (TPSA) is 94.6 Å². The molecule has 0 saturated carbocycles. The van der Waals surface area contributed by atoms with Gasteiger partial charge in [-0.25, -0.2) is 9.78 Å². The number of amides is 1. The molecule has 0 radical (unpaired) electrons. The second-order valence-corrected chi connectivity index (χ2v) is 7.36. The zero-order chi connectivity index (χ0) is 19.5. The highest BCUT2D eigenvalue weighted by atomic mass is 32.1. The molecular weight excluding hydrogens is 380 g/mol. The normalized spacial score (nSPS) is 12.6. The van der Waals surface area contributed by atoms with E-state index in [1.165, 1.54) is 11.3 Å². The van der Waals surface area contributed by atoms with Gasteiger partial charge in [-0.2, -0.15) is 0 Å². The van der Waals surface area contributed by atoms with E-state index in [9.17, 15) is 14.4 Å². The van der Waals surface area contributed by atoms with E-state index < -0.39 is 5.97 Å². The highest BCUT2D eigenvalue weighted by Gasteiger charge is 2.19. The lowest BCUT2D eigenvalue weighted by Crippen LogP contribution is -2.18. The van der Waals surface area contributed by atoms with E-state index in [0.717, 1.165) is 20.8 Å². The highest BCUT2D eigenvalue weighted by Crippen LogP contribution is 2.24. The van der Waals surface area contributed by atoms with E-state index >= 15 is 0 Å². The first-order valence-electron chi connectivity index (χ1n) is 8.62. The van der Waals surface area contributed by atoms with Crippen LogP contribution in [0.3, 0.4) is 0 Å². The van der Waals surface area contributed by atoms with E-state index in [-0.39, 0.29) is 37.9 Å². The van der Waals surface area contributed by atoms with Gasteiger partial charge >= 0.3 is 5.97 Å². The fourth-order valence-corrected chi connectivity index (χ4v) is 3.78. The Kier molecular flexibility index (Phi) is 5.14. The van der Waals surface area contributed by atoms with Gasteiger partial charge in [0, 0.05) is 11.3 Å². The minimum Gasteiger partial charge on any atom is -0.456 e. The van der Waals surface area contributed by atoms with Gasteiger partial charge in [-0.3, -0.25) is 9.59 Å². The van der Waals surface area contributed by atoms with Crippen LogP contribution in [-0.4, -0.2) is 35.9 Å². The van der Waals surface area contributed by atoms with Gasteiger partial charge in [0.15, 0.2) is 12.4 Å². The molecule has 7 nitrogen and oxygen atoms in total. The number of ketones is 1. The summed E-state index contributed by atoms with van der Waals surface area (Å²) in [6.07, 6.45) is 0.246. The van der Waals surface area contributed by atoms with Crippen LogP contribution in [-0.2, 0) is 32.1 Å². The fraction of sp³-hybridized carbons (Fsp3) is 0.200. The Labute approximate surface area is 164 Å². The summed E-state index contributed by atoms with van der Waals surface area (Å²) >= 11 is 1.50. The maximum Gasteiger partial charge on any atom is 0.332 e. The maximum atomic E-state index is 12.2. The zero-order valence-corrected chi connectivity index (χ0v) is 15.6. The van der Waals surface area contributed by atoms with Crippen LogP contribution in [0.25, 0.3) is 10.2 Å². The lowest BCUT2D eigenvalue weighted by molar-refractivity contribution is -0.148. The number of para-hydroxylation sites is 1. The Bertz CT molecular complexity index is 1040. The molecule has 28 heavy (non-hydrogen) atoms. The Hall–Kier alpha value is -3.10. The van der Waals surface area contributed by atoms with Crippen LogP contribution in [0.15, 0.2) is 42.5 Å². The summed E-state index contributed by atoms with van der Waals surface area (Å²) in [5, 5.41) is 3.47. The first-order chi connectivity index (χ1) is 13.6. The molecule has 4 rings (SSSR count). The molecule has 1 N–H and O–H groups in total. The Morgan fingerprint density at radius 1 is 1.14 bits per heavy atom. The van der Waals surface area contributed by atoms with Crippen LogP contribution in [0.1, 0.15) is 20.9 Å². The summed E-state index contributed by atoms with van der Waals surface area (Å²) in [4.78, 5) is 39.8. The van der Waals surface area contributed by atoms with Crippen LogP contribution in [0.4, 0.5) is 5.69 Å². The van der Waals surface area contributed by atoms with Gasteiger partial charge < -0.3 is 14.8 Å². The number of nitrogens with one attached hydrogen (secondary N) is 1. The molecule has 0 spiro atoms. The van der Waals surface area contributed by atoms with Crippen LogP contribution in [0.2, 0.25) is 0 Å². The zero-order valence-electron chi connectivity index (χ0n) is 14.8. The largest absolute Gasteiger partial charge is 0.456 e. The number of rotatable bonds is 7. The molecule has 1 aliphatic rings. The summed E-state index contributed by atoms with van der Waals surface area (Å²) < 4.78 is 11.4. The van der Waals surface area contributed by atoms with Crippen LogP contribution in [0, 0.1) is 0 Å². The molecule has 0 fully saturated rings. The summed E-state index contributed by atoms with van der Waals surface area (Å²) in [6.45, 7) is -0.427. The van der Waals surface area contributed by atoms with Crippen molar-refractivity contribution in [3.8, 4) is 0 Å². The van der Waals surface area contributed by atoms with Gasteiger partial charge in [0.2, 0.25) is 5.91 Å². The average molecular weight is 396 g/mol. The lowest BCUT2D eigenvalue weighted by atomic mass is 10.1. The third-order valence-electron chi connectivity index (χ3n) is 4.20. The molecule has 1 amide bonds. The van der Waals surface area contributed by atoms with Crippen molar-refractivity contribution in [3.05, 3.63) is 58.6 Å². The number of benzene rings is 2. The first kappa shape index (κ1) is 18.3. The van der Waals surface area contributed by atoms with Gasteiger partial charge in [0.05, 0.1) is 23.2 Å². The third-order valence-corrected chi connectivity index (χ3v) is 5.21. The molecule has 1 aliphatic heterocycles. The number of carbonyl (C=O) groups excluding carboxylic acids is 3. The molecule has 0 bridgehead atoms. The van der Waals surface area contributed by atoms with Crippen molar-refractivity contribution in [2.45, 2.75) is 13.0 Å². The smallest absolute Gasteiger partial charge is 0.332 e. The Morgan fingerprint density at radius 2 is 2.00 bits per heavy atom. The molecule has 1 aromatic heterocycles. The molecule has 0 aliphatic carbocycles. The standard InChI is InChI=1S/C20H16N2O5S/c23-16(12-5-6-14-13(7-12)8-18(24)21-14)9-27-20(25)11-26-10-19-22-15-3-1-2-4-17(15)28-19/h1-7H,8-11H2,(H,21,24). The van der Waals surface area contributed by atoms with E-state index in [1.807, 2.05) is 24.3 Å². The fourth-order valence-electron chi connectivity index (χ4n) is 2.88. The average Bonchev–Trinajstić information content (AvgIpc) is 3.27. The second kappa shape index (κ2) is 7.87. The molecule has 3 aromatic rings. The number of Topliss-reactive ketones (excluding diaryl/α,β-unsaturated/α-hetero) is 1. The number of esters is 1. The number of ether oxygens (including phenoxy) is 2. The van der Waals surface area contributed by atoms with E-state index in [0.29, 0.717) is 11.3 Å². The predicted octanol–water partition coefficient (Wildman–Crippen LogP) is 2.73. The third kappa shape index (κ3) is 4.08. The number of thiazole rings is 1. The molecule has 0 saturated heterocycles. The minimum atomic E-state index is -0.618. The van der Waals surface area contributed by atoms with E-state index in [1.54, 1.807) is 18.2 Å². The molecule has 8 heteroatoms. The van der Waals surface area contributed by atoms with Crippen molar-refractivity contribution in [3.63, 3.8) is 0 Å². The molecule has 2 heterocycles. The summed E-state index contributed by atoms with van der Waals surface area (Å²) in [6, 6.07) is 12.7. The number of hydrogen-bond donors (Lipinski definition) is 1. The molecule has 0 atom stereocenters. The number of aromatic nitrogens is 1. The highest BCUT2D eigenvalue weighted by molar-refractivity contribution is 7.18. The van der Waals surface area contributed by atoms with Crippen molar-refractivity contribution in [1.82, 2.24) is 4.98 Å². The number of carbonyl (C=O) groups is 3. The Morgan fingerprint density at radius 3 is 2.86 bits per heavy atom. The summed E-state index contributed by atoms with van der Waals surface area (Å²) in [7, 11) is 0. The Balaban J connectivity index is 1.23. The lowest BCUT2D eigenvalue weighted by Gasteiger charge is -2.06.